The zero-order chi connectivity index (χ0) is 21.6. The molecule has 0 unspecified atom stereocenters. The zero-order valence-electron chi connectivity index (χ0n) is 16.6. The van der Waals surface area contributed by atoms with Gasteiger partial charge in [0.1, 0.15) is 0 Å². The van der Waals surface area contributed by atoms with Crippen LogP contribution in [0.15, 0.2) is 47.4 Å². The Bertz CT molecular complexity index is 1080. The third-order valence-electron chi connectivity index (χ3n) is 4.60. The molecule has 0 saturated heterocycles. The van der Waals surface area contributed by atoms with E-state index in [4.69, 9.17) is 10.5 Å². The molecule has 29 heavy (non-hydrogen) atoms. The molecule has 2 aromatic carbocycles. The minimum absolute atomic E-state index is 0.00144. The van der Waals surface area contributed by atoms with E-state index < -0.39 is 15.9 Å². The molecular weight excluding hydrogens is 388 g/mol. The summed E-state index contributed by atoms with van der Waals surface area (Å²) in [6.45, 7) is 3.68. The predicted molar refractivity (Wildman–Crippen MR) is 109 cm³/mol. The first kappa shape index (κ1) is 22.1. The van der Waals surface area contributed by atoms with Gasteiger partial charge in [0, 0.05) is 19.3 Å². The van der Waals surface area contributed by atoms with Crippen LogP contribution in [0.2, 0.25) is 0 Å². The normalized spacial score (nSPS) is 11.0. The Morgan fingerprint density at radius 1 is 1.03 bits per heavy atom. The maximum atomic E-state index is 12.9. The van der Waals surface area contributed by atoms with Gasteiger partial charge in [0.15, 0.2) is 0 Å². The van der Waals surface area contributed by atoms with E-state index in [2.05, 4.69) is 0 Å². The van der Waals surface area contributed by atoms with Crippen LogP contribution in [0.25, 0.3) is 0 Å². The minimum atomic E-state index is -3.90. The second kappa shape index (κ2) is 9.33. The number of hydrogen-bond donors (Lipinski definition) is 0. The highest BCUT2D eigenvalue weighted by Crippen LogP contribution is 2.21. The summed E-state index contributed by atoms with van der Waals surface area (Å²) in [7, 11) is -2.57. The van der Waals surface area contributed by atoms with E-state index in [1.807, 2.05) is 38.1 Å². The van der Waals surface area contributed by atoms with Crippen molar-refractivity contribution in [2.24, 2.45) is 0 Å². The van der Waals surface area contributed by atoms with Crippen molar-refractivity contribution >= 4 is 21.6 Å². The lowest BCUT2D eigenvalue weighted by Crippen LogP contribution is -2.41. The van der Waals surface area contributed by atoms with Gasteiger partial charge < -0.3 is 4.90 Å². The lowest BCUT2D eigenvalue weighted by molar-refractivity contribution is -0.118. The van der Waals surface area contributed by atoms with Gasteiger partial charge in [0.25, 0.3) is 0 Å². The molecule has 0 aliphatic carbocycles. The first-order valence-corrected chi connectivity index (χ1v) is 10.4. The molecule has 1 amide bonds. The van der Waals surface area contributed by atoms with Gasteiger partial charge in [-0.15, -0.1) is 0 Å². The van der Waals surface area contributed by atoms with Gasteiger partial charge in [-0.2, -0.15) is 14.8 Å². The Morgan fingerprint density at radius 2 is 1.69 bits per heavy atom. The van der Waals surface area contributed by atoms with Crippen molar-refractivity contribution in [1.82, 2.24) is 4.31 Å². The SMILES string of the molecule is Cc1ccc(N(CCC#N)C(=O)CN(C)S(=O)(=O)c2ccc(C#N)cc2)cc1C. The number of nitriles is 2. The first-order valence-electron chi connectivity index (χ1n) is 8.91. The summed E-state index contributed by atoms with van der Waals surface area (Å²) >= 11 is 0. The number of carbonyl (C=O) groups is 1. The topological polar surface area (TPSA) is 105 Å². The molecule has 0 atom stereocenters. The lowest BCUT2D eigenvalue weighted by atomic mass is 10.1. The lowest BCUT2D eigenvalue weighted by Gasteiger charge is -2.25. The summed E-state index contributed by atoms with van der Waals surface area (Å²) in [4.78, 5) is 14.3. The number of aryl methyl sites for hydroxylation is 2. The van der Waals surface area contributed by atoms with Crippen LogP contribution in [-0.4, -0.2) is 38.8 Å². The number of sulfonamides is 1. The molecular formula is C21H22N4O3S. The van der Waals surface area contributed by atoms with E-state index in [0.717, 1.165) is 15.4 Å². The maximum absolute atomic E-state index is 12.9. The molecule has 0 bridgehead atoms. The van der Waals surface area contributed by atoms with Gasteiger partial charge in [-0.3, -0.25) is 4.79 Å². The van der Waals surface area contributed by atoms with Crippen molar-refractivity contribution in [3.63, 3.8) is 0 Å². The minimum Gasteiger partial charge on any atom is -0.310 e. The summed E-state index contributed by atoms with van der Waals surface area (Å²) in [6, 6.07) is 15.0. The Hall–Kier alpha value is -3.20. The summed E-state index contributed by atoms with van der Waals surface area (Å²) < 4.78 is 26.5. The largest absolute Gasteiger partial charge is 0.310 e. The summed E-state index contributed by atoms with van der Waals surface area (Å²) in [6.07, 6.45) is 0.130. The highest BCUT2D eigenvalue weighted by molar-refractivity contribution is 7.89. The smallest absolute Gasteiger partial charge is 0.243 e. The van der Waals surface area contributed by atoms with E-state index in [9.17, 15) is 13.2 Å². The average molecular weight is 410 g/mol. The quantitative estimate of drug-likeness (QED) is 0.698. The van der Waals surface area contributed by atoms with Gasteiger partial charge in [-0.25, -0.2) is 8.42 Å². The van der Waals surface area contributed by atoms with Gasteiger partial charge in [0.2, 0.25) is 15.9 Å². The highest BCUT2D eigenvalue weighted by atomic mass is 32.2. The van der Waals surface area contributed by atoms with Crippen LogP contribution in [0.3, 0.4) is 0 Å². The Kier molecular flexibility index (Phi) is 7.11. The molecule has 0 saturated carbocycles. The van der Waals surface area contributed by atoms with Crippen molar-refractivity contribution in [2.45, 2.75) is 25.2 Å². The second-order valence-electron chi connectivity index (χ2n) is 6.62. The first-order chi connectivity index (χ1) is 13.7. The van der Waals surface area contributed by atoms with Crippen LogP contribution >= 0.6 is 0 Å². The fraction of sp³-hybridized carbons (Fsp3) is 0.286. The summed E-state index contributed by atoms with van der Waals surface area (Å²) in [5.41, 5.74) is 3.04. The number of benzene rings is 2. The zero-order valence-corrected chi connectivity index (χ0v) is 17.4. The van der Waals surface area contributed by atoms with Crippen LogP contribution in [-0.2, 0) is 14.8 Å². The number of hydrogen-bond acceptors (Lipinski definition) is 5. The van der Waals surface area contributed by atoms with E-state index in [-0.39, 0.29) is 24.4 Å². The van der Waals surface area contributed by atoms with Crippen LogP contribution in [0.1, 0.15) is 23.1 Å². The van der Waals surface area contributed by atoms with Crippen molar-refractivity contribution < 1.29 is 13.2 Å². The van der Waals surface area contributed by atoms with Gasteiger partial charge >= 0.3 is 0 Å². The molecule has 0 radical (unpaired) electrons. The fourth-order valence-corrected chi connectivity index (χ4v) is 3.82. The van der Waals surface area contributed by atoms with E-state index in [1.54, 1.807) is 6.07 Å². The van der Waals surface area contributed by atoms with Gasteiger partial charge in [0.05, 0.1) is 35.6 Å². The molecule has 2 aromatic rings. The molecule has 0 heterocycles. The third-order valence-corrected chi connectivity index (χ3v) is 6.42. The number of anilines is 1. The number of likely N-dealkylation sites (N-methyl/N-ethyl adjacent to an activating group) is 1. The second-order valence-corrected chi connectivity index (χ2v) is 8.66. The maximum Gasteiger partial charge on any atom is 0.243 e. The van der Waals surface area contributed by atoms with Crippen LogP contribution in [0.4, 0.5) is 5.69 Å². The number of amides is 1. The van der Waals surface area contributed by atoms with Crippen molar-refractivity contribution in [1.29, 1.82) is 10.5 Å². The molecule has 0 aromatic heterocycles. The molecule has 0 fully saturated rings. The molecule has 7 nitrogen and oxygen atoms in total. The van der Waals surface area contributed by atoms with E-state index >= 15 is 0 Å². The van der Waals surface area contributed by atoms with E-state index in [1.165, 1.54) is 36.2 Å². The Morgan fingerprint density at radius 3 is 2.24 bits per heavy atom. The molecule has 2 rings (SSSR count). The number of rotatable bonds is 7. The van der Waals surface area contributed by atoms with Gasteiger partial charge in [-0.1, -0.05) is 6.07 Å². The molecule has 150 valence electrons. The van der Waals surface area contributed by atoms with Crippen molar-refractivity contribution in [3.8, 4) is 12.1 Å². The van der Waals surface area contributed by atoms with Crippen molar-refractivity contribution in [2.75, 3.05) is 25.0 Å². The van der Waals surface area contributed by atoms with Crippen LogP contribution < -0.4 is 4.90 Å². The number of nitrogens with zero attached hydrogens (tertiary/aromatic N) is 4. The monoisotopic (exact) mass is 410 g/mol. The molecule has 8 heteroatoms. The third kappa shape index (κ3) is 5.20. The average Bonchev–Trinajstić information content (AvgIpc) is 2.70. The summed E-state index contributed by atoms with van der Waals surface area (Å²) in [5.74, 6) is -0.428. The molecule has 0 aliphatic rings. The summed E-state index contributed by atoms with van der Waals surface area (Å²) in [5, 5.41) is 17.8. The predicted octanol–water partition coefficient (Wildman–Crippen LogP) is 2.74. The fourth-order valence-electron chi connectivity index (χ4n) is 2.70. The van der Waals surface area contributed by atoms with Gasteiger partial charge in [-0.05, 0) is 61.4 Å². The molecule has 0 aliphatic heterocycles. The number of carbonyl (C=O) groups excluding carboxylic acids is 1. The highest BCUT2D eigenvalue weighted by Gasteiger charge is 2.26. The van der Waals surface area contributed by atoms with Crippen LogP contribution in [0, 0.1) is 36.5 Å². The van der Waals surface area contributed by atoms with Crippen LogP contribution in [0.5, 0.6) is 0 Å². The molecule has 0 spiro atoms. The molecule has 0 N–H and O–H groups in total. The Balaban J connectivity index is 2.25. The Labute approximate surface area is 171 Å². The van der Waals surface area contributed by atoms with Crippen molar-refractivity contribution in [3.05, 3.63) is 59.2 Å². The van der Waals surface area contributed by atoms with E-state index in [0.29, 0.717) is 11.3 Å². The standard InChI is InChI=1S/C21H22N4O3S/c1-16-5-8-19(13-17(16)2)25(12-4-11-22)21(26)15-24(3)29(27,28)20-9-6-18(14-23)7-10-20/h5-10,13H,4,12,15H2,1-3H3.